The molecule has 5 aromatic rings. The number of amides is 1. The third kappa shape index (κ3) is 8.97. The van der Waals surface area contributed by atoms with Crippen molar-refractivity contribution >= 4 is 12.4 Å². The molecule has 2 atom stereocenters. The molecule has 0 aliphatic heterocycles. The van der Waals surface area contributed by atoms with Gasteiger partial charge in [-0.2, -0.15) is 0 Å². The van der Waals surface area contributed by atoms with Crippen molar-refractivity contribution in [3.05, 3.63) is 173 Å². The smallest absolute Gasteiger partial charge is 0.326 e. The second-order valence-electron chi connectivity index (χ2n) is 11.5. The first-order valence-corrected chi connectivity index (χ1v) is 16.2. The normalized spacial score (nSPS) is 12.4. The molecule has 2 unspecified atom stereocenters. The molecule has 5 rings (SSSR count). The van der Waals surface area contributed by atoms with E-state index in [9.17, 15) is 9.59 Å². The van der Waals surface area contributed by atoms with Crippen LogP contribution in [-0.4, -0.2) is 38.4 Å². The molecular weight excluding hydrogens is 600 g/mol. The van der Waals surface area contributed by atoms with Crippen LogP contribution in [-0.2, 0) is 37.6 Å². The van der Waals surface area contributed by atoms with Crippen LogP contribution in [0, 0.1) is 0 Å². The maximum Gasteiger partial charge on any atom is 0.326 e. The second kappa shape index (κ2) is 17.6. The highest BCUT2D eigenvalue weighted by Crippen LogP contribution is 2.37. The van der Waals surface area contributed by atoms with Gasteiger partial charge in [0.2, 0.25) is 6.41 Å². The molecule has 7 heteroatoms. The van der Waals surface area contributed by atoms with Crippen molar-refractivity contribution in [1.29, 1.82) is 0 Å². The molecule has 0 aliphatic carbocycles. The average Bonchev–Trinajstić information content (AvgIpc) is 3.16. The Labute approximate surface area is 282 Å². The Bertz CT molecular complexity index is 1570. The first kappa shape index (κ1) is 34.1. The van der Waals surface area contributed by atoms with Gasteiger partial charge in [0.15, 0.2) is 0 Å². The van der Waals surface area contributed by atoms with Crippen LogP contribution in [0.15, 0.2) is 146 Å². The topological polar surface area (TPSA) is 85.9 Å². The van der Waals surface area contributed by atoms with Crippen LogP contribution < -0.4 is 15.4 Å². The summed E-state index contributed by atoms with van der Waals surface area (Å²) >= 11 is 0. The quantitative estimate of drug-likeness (QED) is 0.0474. The number of ether oxygens (including phenoxy) is 3. The van der Waals surface area contributed by atoms with E-state index in [1.807, 2.05) is 109 Å². The molecule has 0 bridgehead atoms. The molecule has 0 aliphatic rings. The molecule has 0 aromatic heterocycles. The van der Waals surface area contributed by atoms with Crippen LogP contribution in [0.4, 0.5) is 0 Å². The summed E-state index contributed by atoms with van der Waals surface area (Å²) in [6, 6.07) is 47.3. The van der Waals surface area contributed by atoms with Gasteiger partial charge < -0.3 is 19.5 Å². The Morgan fingerprint density at radius 1 is 0.708 bits per heavy atom. The molecule has 0 spiro atoms. The number of hydrogen-bond acceptors (Lipinski definition) is 6. The summed E-state index contributed by atoms with van der Waals surface area (Å²) in [5.41, 5.74) is 4.28. The molecule has 0 fully saturated rings. The number of aryl methyl sites for hydroxylation is 1. The monoisotopic (exact) mass is 642 g/mol. The van der Waals surface area contributed by atoms with Crippen LogP contribution in [0.5, 0.6) is 5.75 Å². The molecule has 48 heavy (non-hydrogen) atoms. The number of benzene rings is 5. The van der Waals surface area contributed by atoms with Crippen LogP contribution in [0.25, 0.3) is 0 Å². The summed E-state index contributed by atoms with van der Waals surface area (Å²) in [5.74, 6) is 0.220. The van der Waals surface area contributed by atoms with Gasteiger partial charge in [-0.15, -0.1) is 0 Å². The van der Waals surface area contributed by atoms with E-state index < -0.39 is 17.6 Å². The molecule has 246 valence electrons. The third-order valence-electron chi connectivity index (χ3n) is 8.32. The Morgan fingerprint density at radius 3 is 1.73 bits per heavy atom. The molecule has 7 nitrogen and oxygen atoms in total. The zero-order valence-corrected chi connectivity index (χ0v) is 27.2. The number of rotatable bonds is 18. The molecule has 0 radical (unpaired) electrons. The van der Waals surface area contributed by atoms with E-state index in [1.165, 1.54) is 7.11 Å². The molecule has 5 aromatic carbocycles. The summed E-state index contributed by atoms with van der Waals surface area (Å²) in [5, 5.41) is 6.45. The highest BCUT2D eigenvalue weighted by Gasteiger charge is 2.40. The summed E-state index contributed by atoms with van der Waals surface area (Å²) < 4.78 is 17.4. The van der Waals surface area contributed by atoms with Gasteiger partial charge in [-0.25, -0.2) is 0 Å². The van der Waals surface area contributed by atoms with Gasteiger partial charge in [-0.3, -0.25) is 14.9 Å². The Kier molecular flexibility index (Phi) is 12.5. The van der Waals surface area contributed by atoms with Crippen molar-refractivity contribution in [2.75, 3.05) is 13.7 Å². The Hall–Kier alpha value is -5.24. The van der Waals surface area contributed by atoms with Crippen molar-refractivity contribution in [1.82, 2.24) is 10.6 Å². The number of esters is 1. The van der Waals surface area contributed by atoms with Gasteiger partial charge >= 0.3 is 5.97 Å². The number of nitrogens with one attached hydrogen (secondary N) is 2. The fourth-order valence-electron chi connectivity index (χ4n) is 5.87. The predicted octanol–water partition coefficient (Wildman–Crippen LogP) is 6.80. The lowest BCUT2D eigenvalue weighted by atomic mass is 9.76. The minimum Gasteiger partial charge on any atom is -0.491 e. The first-order valence-electron chi connectivity index (χ1n) is 16.2. The SMILES string of the molecule is COC(=O)C(COc1ccc(CCCC(NC=O)OCc2ccccc2)cc1)NC(c1ccccc1)(c1ccccc1)c1ccccc1. The van der Waals surface area contributed by atoms with E-state index in [1.54, 1.807) is 0 Å². The Morgan fingerprint density at radius 2 is 1.23 bits per heavy atom. The molecule has 0 heterocycles. The van der Waals surface area contributed by atoms with E-state index in [4.69, 9.17) is 14.2 Å². The van der Waals surface area contributed by atoms with E-state index in [0.717, 1.165) is 40.7 Å². The second-order valence-corrected chi connectivity index (χ2v) is 11.5. The fraction of sp³-hybridized carbons (Fsp3) is 0.220. The zero-order chi connectivity index (χ0) is 33.4. The van der Waals surface area contributed by atoms with Gasteiger partial charge in [-0.05, 0) is 59.2 Å². The van der Waals surface area contributed by atoms with Crippen LogP contribution in [0.1, 0.15) is 40.7 Å². The lowest BCUT2D eigenvalue weighted by Gasteiger charge is -2.39. The van der Waals surface area contributed by atoms with Gasteiger partial charge in [0.1, 0.15) is 24.6 Å². The number of carbonyl (C=O) groups excluding carboxylic acids is 2. The minimum absolute atomic E-state index is 0.0536. The van der Waals surface area contributed by atoms with E-state index in [0.29, 0.717) is 25.2 Å². The van der Waals surface area contributed by atoms with Crippen LogP contribution in [0.3, 0.4) is 0 Å². The first-order chi connectivity index (χ1) is 23.6. The summed E-state index contributed by atoms with van der Waals surface area (Å²) in [6.45, 7) is 0.487. The fourth-order valence-corrected chi connectivity index (χ4v) is 5.87. The summed E-state index contributed by atoms with van der Waals surface area (Å²) in [6.07, 6.45) is 2.65. The Balaban J connectivity index is 1.27. The van der Waals surface area contributed by atoms with Gasteiger partial charge in [0.25, 0.3) is 0 Å². The van der Waals surface area contributed by atoms with Gasteiger partial charge in [0.05, 0.1) is 19.3 Å². The molecule has 1 amide bonds. The van der Waals surface area contributed by atoms with Crippen LogP contribution in [0.2, 0.25) is 0 Å². The maximum atomic E-state index is 13.3. The molecule has 2 N–H and O–H groups in total. The lowest BCUT2D eigenvalue weighted by Crippen LogP contribution is -2.55. The minimum atomic E-state index is -0.864. The maximum absolute atomic E-state index is 13.3. The average molecular weight is 643 g/mol. The third-order valence-corrected chi connectivity index (χ3v) is 8.32. The molecule has 0 saturated heterocycles. The highest BCUT2D eigenvalue weighted by atomic mass is 16.5. The molecular formula is C41H42N2O5. The van der Waals surface area contributed by atoms with Gasteiger partial charge in [0, 0.05) is 0 Å². The van der Waals surface area contributed by atoms with Crippen LogP contribution >= 0.6 is 0 Å². The number of methoxy groups -OCH3 is 1. The van der Waals surface area contributed by atoms with Crippen molar-refractivity contribution in [2.45, 2.75) is 43.7 Å². The molecule has 0 saturated carbocycles. The standard InChI is InChI=1S/C41H42N2O5/c1-46-40(45)38(43-41(34-18-8-3-9-19-34,35-20-10-4-11-21-35)36-22-12-5-13-23-36)30-47-37-27-25-32(26-28-37)17-14-24-39(42-31-44)48-29-33-15-6-2-7-16-33/h2-13,15-16,18-23,25-28,31,38-39,43H,14,17,24,29-30H2,1H3,(H,42,44). The van der Waals surface area contributed by atoms with Crippen molar-refractivity contribution in [3.63, 3.8) is 0 Å². The summed E-state index contributed by atoms with van der Waals surface area (Å²) in [4.78, 5) is 24.4. The zero-order valence-electron chi connectivity index (χ0n) is 27.2. The number of carbonyl (C=O) groups is 2. The van der Waals surface area contributed by atoms with Crippen molar-refractivity contribution < 1.29 is 23.8 Å². The lowest BCUT2D eigenvalue weighted by molar-refractivity contribution is -0.144. The largest absolute Gasteiger partial charge is 0.491 e. The summed E-state index contributed by atoms with van der Waals surface area (Å²) in [7, 11) is 1.39. The van der Waals surface area contributed by atoms with Crippen molar-refractivity contribution in [3.8, 4) is 5.75 Å². The highest BCUT2D eigenvalue weighted by molar-refractivity contribution is 5.76. The van der Waals surface area contributed by atoms with Crippen molar-refractivity contribution in [2.24, 2.45) is 0 Å². The predicted molar refractivity (Wildman–Crippen MR) is 187 cm³/mol. The van der Waals surface area contributed by atoms with E-state index in [-0.39, 0.29) is 12.8 Å². The van der Waals surface area contributed by atoms with Gasteiger partial charge in [-0.1, -0.05) is 133 Å². The number of hydrogen-bond donors (Lipinski definition) is 2. The van der Waals surface area contributed by atoms with E-state index in [2.05, 4.69) is 47.0 Å². The van der Waals surface area contributed by atoms with E-state index >= 15 is 0 Å².